The number of fused-ring (bicyclic) bond motifs is 1. The average molecular weight is 381 g/mol. The topological polar surface area (TPSA) is 26.3 Å². The Bertz CT molecular complexity index is 907. The summed E-state index contributed by atoms with van der Waals surface area (Å²) in [6, 6.07) is 19.8. The van der Waals surface area contributed by atoms with Gasteiger partial charge in [0.25, 0.3) is 0 Å². The zero-order valence-electron chi connectivity index (χ0n) is 13.3. The minimum absolute atomic E-state index is 0.395. The molecule has 0 bridgehead atoms. The first kappa shape index (κ1) is 16.5. The summed E-state index contributed by atoms with van der Waals surface area (Å²) in [6.07, 6.45) is 4.19. The quantitative estimate of drug-likeness (QED) is 0.325. The number of benzene rings is 3. The van der Waals surface area contributed by atoms with E-state index in [1.54, 1.807) is 6.08 Å². The molecule has 0 aliphatic carbocycles. The second-order valence-corrected chi connectivity index (χ2v) is 6.30. The summed E-state index contributed by atoms with van der Waals surface area (Å²) in [5.74, 6) is 0.132. The number of ether oxygens (including phenoxy) is 1. The molecular weight excluding hydrogens is 364 g/mol. The molecule has 0 radical (unpaired) electrons. The van der Waals surface area contributed by atoms with Crippen molar-refractivity contribution in [3.05, 3.63) is 82.3 Å². The van der Waals surface area contributed by atoms with Gasteiger partial charge in [-0.3, -0.25) is 0 Å². The minimum atomic E-state index is -0.395. The highest BCUT2D eigenvalue weighted by Gasteiger charge is 2.06. The van der Waals surface area contributed by atoms with Crippen LogP contribution >= 0.6 is 15.9 Å². The van der Waals surface area contributed by atoms with Crippen LogP contribution in [0.4, 0.5) is 0 Å². The van der Waals surface area contributed by atoms with Gasteiger partial charge < -0.3 is 4.74 Å². The van der Waals surface area contributed by atoms with Crippen LogP contribution < -0.4 is 4.74 Å². The van der Waals surface area contributed by atoms with Crippen molar-refractivity contribution in [2.75, 3.05) is 0 Å². The van der Waals surface area contributed by atoms with Gasteiger partial charge in [-0.25, -0.2) is 4.79 Å². The second kappa shape index (κ2) is 7.45. The van der Waals surface area contributed by atoms with E-state index in [0.29, 0.717) is 5.75 Å². The molecule has 0 atom stereocenters. The molecule has 0 unspecified atom stereocenters. The van der Waals surface area contributed by atoms with Crippen LogP contribution in [-0.4, -0.2) is 5.97 Å². The fourth-order valence-corrected chi connectivity index (χ4v) is 3.05. The molecule has 3 aromatic carbocycles. The fraction of sp³-hybridized carbons (Fsp3) is 0.0952. The first-order valence-electron chi connectivity index (χ1n) is 7.83. The van der Waals surface area contributed by atoms with E-state index in [1.807, 2.05) is 48.5 Å². The largest absolute Gasteiger partial charge is 0.422 e. The Balaban J connectivity index is 1.78. The summed E-state index contributed by atoms with van der Waals surface area (Å²) in [5.41, 5.74) is 2.18. The maximum atomic E-state index is 12.1. The van der Waals surface area contributed by atoms with Gasteiger partial charge >= 0.3 is 5.97 Å². The van der Waals surface area contributed by atoms with E-state index >= 15 is 0 Å². The summed E-state index contributed by atoms with van der Waals surface area (Å²) in [5, 5.41) is 2.25. The lowest BCUT2D eigenvalue weighted by Gasteiger charge is -2.06. The third kappa shape index (κ3) is 3.74. The third-order valence-corrected chi connectivity index (χ3v) is 4.46. The Labute approximate surface area is 149 Å². The normalized spacial score (nSPS) is 11.1. The van der Waals surface area contributed by atoms with Crippen LogP contribution in [0.1, 0.15) is 18.1 Å². The summed E-state index contributed by atoms with van der Waals surface area (Å²) in [4.78, 5) is 12.1. The van der Waals surface area contributed by atoms with Gasteiger partial charge in [0.05, 0.1) is 4.47 Å². The molecule has 0 aromatic heterocycles. The third-order valence-electron chi connectivity index (χ3n) is 3.84. The van der Waals surface area contributed by atoms with E-state index in [2.05, 4.69) is 35.0 Å². The lowest BCUT2D eigenvalue weighted by molar-refractivity contribution is -0.128. The highest BCUT2D eigenvalue weighted by Crippen LogP contribution is 2.26. The van der Waals surface area contributed by atoms with E-state index < -0.39 is 5.97 Å². The van der Waals surface area contributed by atoms with E-state index in [-0.39, 0.29) is 0 Å². The minimum Gasteiger partial charge on any atom is -0.422 e. The van der Waals surface area contributed by atoms with E-state index in [9.17, 15) is 4.79 Å². The Morgan fingerprint density at radius 3 is 2.67 bits per heavy atom. The van der Waals surface area contributed by atoms with Crippen molar-refractivity contribution >= 4 is 38.7 Å². The van der Waals surface area contributed by atoms with Crippen molar-refractivity contribution in [2.24, 2.45) is 0 Å². The average Bonchev–Trinajstić information content (AvgIpc) is 2.61. The smallest absolute Gasteiger partial charge is 0.336 e. The van der Waals surface area contributed by atoms with E-state index in [4.69, 9.17) is 4.74 Å². The number of carbonyl (C=O) groups excluding carboxylic acids is 1. The molecule has 0 saturated carbocycles. The lowest BCUT2D eigenvalue weighted by atomic mass is 10.0. The molecule has 120 valence electrons. The number of aryl methyl sites for hydroxylation is 1. The Morgan fingerprint density at radius 1 is 1.08 bits per heavy atom. The maximum absolute atomic E-state index is 12.1. The zero-order chi connectivity index (χ0) is 16.9. The molecule has 0 N–H and O–H groups in total. The zero-order valence-corrected chi connectivity index (χ0v) is 14.9. The summed E-state index contributed by atoms with van der Waals surface area (Å²) in [6.45, 7) is 2.08. The van der Waals surface area contributed by atoms with Crippen LogP contribution in [0.25, 0.3) is 16.8 Å². The Hall–Kier alpha value is -2.39. The summed E-state index contributed by atoms with van der Waals surface area (Å²) >= 11 is 3.44. The van der Waals surface area contributed by atoms with Crippen molar-refractivity contribution in [1.29, 1.82) is 0 Å². The van der Waals surface area contributed by atoms with Crippen LogP contribution in [0.2, 0.25) is 0 Å². The Kier molecular flexibility index (Phi) is 5.11. The highest BCUT2D eigenvalue weighted by molar-refractivity contribution is 9.10. The number of carbonyl (C=O) groups is 1. The molecule has 3 heteroatoms. The van der Waals surface area contributed by atoms with Crippen LogP contribution in [0.3, 0.4) is 0 Å². The standard InChI is InChI=1S/C21H17BrO2/c1-2-15-10-12-20(19(22)14-15)24-21(23)13-11-17-8-5-7-16-6-3-4-9-18(16)17/h3-14H,2H2,1H3. The SMILES string of the molecule is CCc1ccc(OC(=O)C=Cc2cccc3ccccc23)c(Br)c1. The number of esters is 1. The number of hydrogen-bond acceptors (Lipinski definition) is 2. The van der Waals surface area contributed by atoms with Crippen molar-refractivity contribution in [2.45, 2.75) is 13.3 Å². The molecule has 0 spiro atoms. The van der Waals surface area contributed by atoms with Crippen LogP contribution in [0, 0.1) is 0 Å². The fourth-order valence-electron chi connectivity index (χ4n) is 2.54. The van der Waals surface area contributed by atoms with E-state index in [0.717, 1.165) is 27.2 Å². The van der Waals surface area contributed by atoms with Gasteiger partial charge in [0.2, 0.25) is 0 Å². The number of halogens is 1. The maximum Gasteiger partial charge on any atom is 0.336 e. The predicted molar refractivity (Wildman–Crippen MR) is 102 cm³/mol. The molecule has 0 aliphatic rings. The first-order chi connectivity index (χ1) is 11.7. The van der Waals surface area contributed by atoms with Crippen LogP contribution in [0.5, 0.6) is 5.75 Å². The van der Waals surface area contributed by atoms with Crippen molar-refractivity contribution in [3.63, 3.8) is 0 Å². The molecule has 2 nitrogen and oxygen atoms in total. The molecule has 3 rings (SSSR count). The summed E-state index contributed by atoms with van der Waals surface area (Å²) < 4.78 is 6.19. The van der Waals surface area contributed by atoms with Crippen molar-refractivity contribution in [1.82, 2.24) is 0 Å². The molecule has 0 heterocycles. The molecule has 0 aliphatic heterocycles. The molecule has 24 heavy (non-hydrogen) atoms. The molecule has 0 amide bonds. The summed E-state index contributed by atoms with van der Waals surface area (Å²) in [7, 11) is 0. The van der Waals surface area contributed by atoms with Crippen LogP contribution in [-0.2, 0) is 11.2 Å². The van der Waals surface area contributed by atoms with Gasteiger partial charge in [-0.05, 0) is 62.5 Å². The number of hydrogen-bond donors (Lipinski definition) is 0. The molecule has 3 aromatic rings. The van der Waals surface area contributed by atoms with Crippen LogP contribution in [0.15, 0.2) is 71.2 Å². The number of rotatable bonds is 4. The second-order valence-electron chi connectivity index (χ2n) is 5.44. The van der Waals surface area contributed by atoms with Gasteiger partial charge in [-0.2, -0.15) is 0 Å². The Morgan fingerprint density at radius 2 is 1.88 bits per heavy atom. The monoisotopic (exact) mass is 380 g/mol. The molecule has 0 saturated heterocycles. The van der Waals surface area contributed by atoms with Gasteiger partial charge in [-0.15, -0.1) is 0 Å². The molecule has 0 fully saturated rings. The van der Waals surface area contributed by atoms with Gasteiger partial charge in [0.15, 0.2) is 0 Å². The van der Waals surface area contributed by atoms with Gasteiger partial charge in [-0.1, -0.05) is 55.5 Å². The lowest BCUT2D eigenvalue weighted by Crippen LogP contribution is -2.04. The van der Waals surface area contributed by atoms with Gasteiger partial charge in [0.1, 0.15) is 5.75 Å². The molecular formula is C21H17BrO2. The van der Waals surface area contributed by atoms with Crippen molar-refractivity contribution in [3.8, 4) is 5.75 Å². The van der Waals surface area contributed by atoms with Crippen molar-refractivity contribution < 1.29 is 9.53 Å². The first-order valence-corrected chi connectivity index (χ1v) is 8.63. The van der Waals surface area contributed by atoms with E-state index in [1.165, 1.54) is 11.6 Å². The highest BCUT2D eigenvalue weighted by atomic mass is 79.9. The predicted octanol–water partition coefficient (Wildman–Crippen LogP) is 5.78. The van der Waals surface area contributed by atoms with Gasteiger partial charge in [0, 0.05) is 6.08 Å².